The summed E-state index contributed by atoms with van der Waals surface area (Å²) in [5.41, 5.74) is 7.32. The maximum absolute atomic E-state index is 5.60. The van der Waals surface area contributed by atoms with Gasteiger partial charge in [0.2, 0.25) is 0 Å². The maximum atomic E-state index is 5.60. The molecule has 2 N–H and O–H groups in total. The van der Waals surface area contributed by atoms with Crippen molar-refractivity contribution in [2.24, 2.45) is 0 Å². The van der Waals surface area contributed by atoms with Gasteiger partial charge in [0.05, 0.1) is 11.8 Å². The molecular formula is C9H9N2OS. The smallest absolute Gasteiger partial charge is 0.181 e. The molecule has 1 aromatic carbocycles. The number of aromatic nitrogens is 1. The van der Waals surface area contributed by atoms with Crippen molar-refractivity contribution >= 4 is 26.7 Å². The van der Waals surface area contributed by atoms with E-state index >= 15 is 0 Å². The molecule has 0 fully saturated rings. The van der Waals surface area contributed by atoms with Crippen LogP contribution in [0.15, 0.2) is 12.1 Å². The number of hydrogen-bond acceptors (Lipinski definition) is 4. The van der Waals surface area contributed by atoms with E-state index in [-0.39, 0.29) is 0 Å². The summed E-state index contributed by atoms with van der Waals surface area (Å²) in [4.78, 5) is 4.17. The number of rotatable bonds is 1. The van der Waals surface area contributed by atoms with Gasteiger partial charge in [-0.1, -0.05) is 11.3 Å². The molecule has 0 aliphatic rings. The summed E-state index contributed by atoms with van der Waals surface area (Å²) in [5.74, 6) is 0.732. The minimum Gasteiger partial charge on any atom is -0.494 e. The Morgan fingerprint density at radius 3 is 3.00 bits per heavy atom. The predicted octanol–water partition coefficient (Wildman–Crippen LogP) is 2.07. The highest BCUT2D eigenvalue weighted by Gasteiger charge is 2.07. The topological polar surface area (TPSA) is 48.1 Å². The van der Waals surface area contributed by atoms with Gasteiger partial charge in [-0.25, -0.2) is 4.98 Å². The van der Waals surface area contributed by atoms with Gasteiger partial charge in [0, 0.05) is 0 Å². The van der Waals surface area contributed by atoms with E-state index in [1.165, 1.54) is 11.3 Å². The Morgan fingerprint density at radius 1 is 1.54 bits per heavy atom. The van der Waals surface area contributed by atoms with E-state index in [2.05, 4.69) is 11.9 Å². The zero-order chi connectivity index (χ0) is 9.42. The van der Waals surface area contributed by atoms with Crippen molar-refractivity contribution < 1.29 is 4.74 Å². The van der Waals surface area contributed by atoms with Crippen LogP contribution in [0.4, 0.5) is 5.13 Å². The lowest BCUT2D eigenvalue weighted by atomic mass is 10.2. The van der Waals surface area contributed by atoms with Crippen LogP contribution in [0.5, 0.6) is 5.75 Å². The number of ether oxygens (including phenoxy) is 1. The molecule has 0 unspecified atom stereocenters. The van der Waals surface area contributed by atoms with Crippen LogP contribution in [0.1, 0.15) is 5.56 Å². The second-order valence-corrected chi connectivity index (χ2v) is 3.76. The molecule has 0 aliphatic carbocycles. The summed E-state index contributed by atoms with van der Waals surface area (Å²) in [7, 11) is 1.61. The third-order valence-corrected chi connectivity index (χ3v) is 2.59. The Morgan fingerprint density at radius 2 is 2.31 bits per heavy atom. The van der Waals surface area contributed by atoms with Crippen LogP contribution in [0.25, 0.3) is 10.2 Å². The average Bonchev–Trinajstić information content (AvgIpc) is 2.43. The van der Waals surface area contributed by atoms with Crippen molar-refractivity contribution in [3.05, 3.63) is 24.6 Å². The number of methoxy groups -OCH3 is 1. The van der Waals surface area contributed by atoms with Gasteiger partial charge >= 0.3 is 0 Å². The van der Waals surface area contributed by atoms with E-state index in [0.717, 1.165) is 21.5 Å². The van der Waals surface area contributed by atoms with Gasteiger partial charge < -0.3 is 10.5 Å². The standard InChI is InChI=1S/C9H9N2OS/c1-5-3-6(12-2)8-7(4-5)13-9(10)11-8/h3-4H,1H2,2H3,(H2,10,11). The molecule has 0 amide bonds. The number of nitrogens with two attached hydrogens (primary N) is 1. The monoisotopic (exact) mass is 193 g/mol. The van der Waals surface area contributed by atoms with Gasteiger partial charge in [0.25, 0.3) is 0 Å². The molecule has 2 rings (SSSR count). The summed E-state index contributed by atoms with van der Waals surface area (Å²) < 4.78 is 6.19. The molecule has 0 atom stereocenters. The lowest BCUT2D eigenvalue weighted by molar-refractivity contribution is 0.419. The summed E-state index contributed by atoms with van der Waals surface area (Å²) in [6.07, 6.45) is 0. The molecule has 0 aliphatic heterocycles. The first-order valence-corrected chi connectivity index (χ1v) is 4.58. The number of nitrogen functional groups attached to an aromatic ring is 1. The van der Waals surface area contributed by atoms with Crippen molar-refractivity contribution in [3.63, 3.8) is 0 Å². The third-order valence-electron chi connectivity index (χ3n) is 1.76. The Hall–Kier alpha value is -1.29. The minimum absolute atomic E-state index is 0.555. The molecule has 3 nitrogen and oxygen atoms in total. The van der Waals surface area contributed by atoms with E-state index in [0.29, 0.717) is 5.13 Å². The van der Waals surface area contributed by atoms with Crippen LogP contribution in [0, 0.1) is 6.92 Å². The second-order valence-electron chi connectivity index (χ2n) is 2.70. The Labute approximate surface area is 80.2 Å². The van der Waals surface area contributed by atoms with Crippen molar-refractivity contribution in [2.75, 3.05) is 12.8 Å². The van der Waals surface area contributed by atoms with E-state index in [9.17, 15) is 0 Å². The molecule has 13 heavy (non-hydrogen) atoms. The molecule has 0 saturated carbocycles. The number of fused-ring (bicyclic) bond motifs is 1. The number of nitrogens with zero attached hydrogens (tertiary/aromatic N) is 1. The molecule has 0 spiro atoms. The highest BCUT2D eigenvalue weighted by molar-refractivity contribution is 7.22. The summed E-state index contributed by atoms with van der Waals surface area (Å²) in [6.45, 7) is 3.85. The zero-order valence-corrected chi connectivity index (χ0v) is 8.02. The average molecular weight is 193 g/mol. The fraction of sp³-hybridized carbons (Fsp3) is 0.111. The Bertz CT molecular complexity index is 450. The molecule has 1 aromatic heterocycles. The van der Waals surface area contributed by atoms with E-state index < -0.39 is 0 Å². The number of hydrogen-bond donors (Lipinski definition) is 1. The molecule has 4 heteroatoms. The molecule has 2 aromatic rings. The van der Waals surface area contributed by atoms with Crippen LogP contribution in [0.3, 0.4) is 0 Å². The Balaban J connectivity index is 2.80. The van der Waals surface area contributed by atoms with Crippen LogP contribution in [-0.4, -0.2) is 12.1 Å². The fourth-order valence-corrected chi connectivity index (χ4v) is 2.04. The normalized spacial score (nSPS) is 10.6. The Kier molecular flexibility index (Phi) is 1.84. The van der Waals surface area contributed by atoms with Crippen LogP contribution in [-0.2, 0) is 0 Å². The van der Waals surface area contributed by atoms with Gasteiger partial charge in [-0.15, -0.1) is 0 Å². The van der Waals surface area contributed by atoms with Gasteiger partial charge in [-0.3, -0.25) is 0 Å². The highest BCUT2D eigenvalue weighted by atomic mass is 32.1. The molecule has 67 valence electrons. The van der Waals surface area contributed by atoms with E-state index in [1.54, 1.807) is 7.11 Å². The molecular weight excluding hydrogens is 184 g/mol. The van der Waals surface area contributed by atoms with Crippen molar-refractivity contribution in [1.29, 1.82) is 0 Å². The summed E-state index contributed by atoms with van der Waals surface area (Å²) in [6, 6.07) is 3.80. The van der Waals surface area contributed by atoms with Crippen LogP contribution < -0.4 is 10.5 Å². The van der Waals surface area contributed by atoms with Gasteiger partial charge in [-0.2, -0.15) is 0 Å². The van der Waals surface area contributed by atoms with Gasteiger partial charge in [-0.05, 0) is 24.6 Å². The third kappa shape index (κ3) is 1.33. The quantitative estimate of drug-likeness (QED) is 0.754. The minimum atomic E-state index is 0.555. The predicted molar refractivity (Wildman–Crippen MR) is 55.0 cm³/mol. The molecule has 0 bridgehead atoms. The SMILES string of the molecule is [CH2]c1cc(OC)c2nc(N)sc2c1. The first-order chi connectivity index (χ1) is 6.20. The van der Waals surface area contributed by atoms with Crippen molar-refractivity contribution in [2.45, 2.75) is 0 Å². The zero-order valence-electron chi connectivity index (χ0n) is 7.20. The van der Waals surface area contributed by atoms with Crippen molar-refractivity contribution in [3.8, 4) is 5.75 Å². The molecule has 0 saturated heterocycles. The number of thiazole rings is 1. The lowest BCUT2D eigenvalue weighted by Crippen LogP contribution is -1.86. The first-order valence-electron chi connectivity index (χ1n) is 3.76. The van der Waals surface area contributed by atoms with Crippen molar-refractivity contribution in [1.82, 2.24) is 4.98 Å². The van der Waals surface area contributed by atoms with Gasteiger partial charge in [0.1, 0.15) is 11.3 Å². The second kappa shape index (κ2) is 2.88. The molecule has 1 radical (unpaired) electrons. The summed E-state index contributed by atoms with van der Waals surface area (Å²) in [5, 5.41) is 0.555. The number of anilines is 1. The fourth-order valence-electron chi connectivity index (χ4n) is 1.23. The maximum Gasteiger partial charge on any atom is 0.181 e. The highest BCUT2D eigenvalue weighted by Crippen LogP contribution is 2.31. The number of benzene rings is 1. The first kappa shape index (κ1) is 8.31. The van der Waals surface area contributed by atoms with E-state index in [4.69, 9.17) is 10.5 Å². The van der Waals surface area contributed by atoms with Crippen LogP contribution >= 0.6 is 11.3 Å². The largest absolute Gasteiger partial charge is 0.494 e. The lowest BCUT2D eigenvalue weighted by Gasteiger charge is -2.00. The summed E-state index contributed by atoms with van der Waals surface area (Å²) >= 11 is 1.44. The molecule has 1 heterocycles. The van der Waals surface area contributed by atoms with Gasteiger partial charge in [0.15, 0.2) is 5.13 Å². The van der Waals surface area contributed by atoms with E-state index in [1.807, 2.05) is 12.1 Å². The van der Waals surface area contributed by atoms with Crippen LogP contribution in [0.2, 0.25) is 0 Å².